The number of rotatable bonds is 7. The van der Waals surface area contributed by atoms with Crippen molar-refractivity contribution in [2.24, 2.45) is 0 Å². The summed E-state index contributed by atoms with van der Waals surface area (Å²) in [6.07, 6.45) is 2.57. The number of ether oxygens (including phenoxy) is 2. The number of carbonyl (C=O) groups excluding carboxylic acids is 1. The van der Waals surface area contributed by atoms with Crippen LogP contribution < -0.4 is 25.4 Å². The smallest absolute Gasteiger partial charge is 0.262 e. The molecule has 1 aliphatic heterocycles. The van der Waals surface area contributed by atoms with E-state index < -0.39 is 5.91 Å². The molecule has 0 spiro atoms. The zero-order valence-corrected chi connectivity index (χ0v) is 19.6. The summed E-state index contributed by atoms with van der Waals surface area (Å²) in [6.45, 7) is 3.81. The largest absolute Gasteiger partial charge is 0.489 e. The van der Waals surface area contributed by atoms with Crippen LogP contribution in [-0.2, 0) is 0 Å². The van der Waals surface area contributed by atoms with Gasteiger partial charge in [-0.05, 0) is 55.8 Å². The summed E-state index contributed by atoms with van der Waals surface area (Å²) in [5.41, 5.74) is 2.23. The molecule has 0 unspecified atom stereocenters. The van der Waals surface area contributed by atoms with Crippen LogP contribution in [0.5, 0.6) is 11.6 Å². The van der Waals surface area contributed by atoms with Crippen LogP contribution in [0.25, 0.3) is 0 Å². The topological polar surface area (TPSA) is 97.4 Å². The van der Waals surface area contributed by atoms with Gasteiger partial charge in [-0.1, -0.05) is 29.3 Å². The van der Waals surface area contributed by atoms with Crippen molar-refractivity contribution >= 4 is 46.4 Å². The van der Waals surface area contributed by atoms with Gasteiger partial charge in [-0.2, -0.15) is 4.98 Å². The molecule has 1 amide bonds. The van der Waals surface area contributed by atoms with Crippen LogP contribution >= 0.6 is 23.2 Å². The molecule has 3 aromatic rings. The van der Waals surface area contributed by atoms with E-state index in [1.807, 2.05) is 25.1 Å². The maximum absolute atomic E-state index is 12.8. The Labute approximate surface area is 201 Å². The zero-order chi connectivity index (χ0) is 23.4. The van der Waals surface area contributed by atoms with Gasteiger partial charge in [-0.3, -0.25) is 4.79 Å². The van der Waals surface area contributed by atoms with Crippen molar-refractivity contribution in [3.8, 4) is 11.6 Å². The lowest BCUT2D eigenvalue weighted by molar-refractivity contribution is 0.102. The Morgan fingerprint density at radius 1 is 1.21 bits per heavy atom. The van der Waals surface area contributed by atoms with Crippen molar-refractivity contribution in [3.05, 3.63) is 63.8 Å². The van der Waals surface area contributed by atoms with Crippen LogP contribution in [0.4, 0.5) is 17.3 Å². The number of amides is 1. The number of halogens is 2. The van der Waals surface area contributed by atoms with Crippen LogP contribution in [0, 0.1) is 6.92 Å². The molecule has 172 valence electrons. The fourth-order valence-corrected chi connectivity index (χ4v) is 3.92. The molecule has 1 aromatic heterocycles. The summed E-state index contributed by atoms with van der Waals surface area (Å²) in [5, 5.41) is 9.74. The fraction of sp³-hybridized carbons (Fsp3) is 0.261. The molecule has 0 bridgehead atoms. The predicted octanol–water partition coefficient (Wildman–Crippen LogP) is 4.84. The Morgan fingerprint density at radius 3 is 2.67 bits per heavy atom. The normalized spacial score (nSPS) is 15.2. The molecule has 1 aliphatic rings. The monoisotopic (exact) mass is 487 g/mol. The Morgan fingerprint density at radius 2 is 2.00 bits per heavy atom. The molecule has 1 atom stereocenters. The third-order valence-electron chi connectivity index (χ3n) is 5.13. The predicted molar refractivity (Wildman–Crippen MR) is 129 cm³/mol. The number of nitrogens with zero attached hydrogens (tertiary/aromatic N) is 2. The molecule has 10 heteroatoms. The van der Waals surface area contributed by atoms with Gasteiger partial charge in [-0.15, -0.1) is 0 Å². The Hall–Kier alpha value is -3.07. The summed E-state index contributed by atoms with van der Waals surface area (Å²) in [4.78, 5) is 21.3. The highest BCUT2D eigenvalue weighted by Crippen LogP contribution is 2.31. The number of aromatic nitrogens is 2. The van der Waals surface area contributed by atoms with E-state index >= 15 is 0 Å². The first-order chi connectivity index (χ1) is 15.9. The molecule has 0 saturated carbocycles. The highest BCUT2D eigenvalue weighted by Gasteiger charge is 2.19. The summed E-state index contributed by atoms with van der Waals surface area (Å²) >= 11 is 12.3. The lowest BCUT2D eigenvalue weighted by Crippen LogP contribution is -2.19. The van der Waals surface area contributed by atoms with E-state index in [0.29, 0.717) is 15.7 Å². The van der Waals surface area contributed by atoms with Crippen molar-refractivity contribution in [1.82, 2.24) is 15.3 Å². The lowest BCUT2D eigenvalue weighted by Gasteiger charge is -2.16. The van der Waals surface area contributed by atoms with E-state index in [2.05, 4.69) is 25.9 Å². The molecular weight excluding hydrogens is 465 g/mol. The first-order valence-corrected chi connectivity index (χ1v) is 11.1. The Balaban J connectivity index is 1.48. The molecule has 33 heavy (non-hydrogen) atoms. The van der Waals surface area contributed by atoms with Gasteiger partial charge < -0.3 is 25.4 Å². The third-order valence-corrected chi connectivity index (χ3v) is 5.76. The van der Waals surface area contributed by atoms with E-state index in [4.69, 9.17) is 32.7 Å². The quantitative estimate of drug-likeness (QED) is 0.438. The molecule has 4 rings (SSSR count). The van der Waals surface area contributed by atoms with Crippen LogP contribution in [-0.4, -0.2) is 42.2 Å². The molecule has 8 nitrogen and oxygen atoms in total. The minimum absolute atomic E-state index is 0.110. The number of nitrogens with one attached hydrogen (secondary N) is 3. The lowest BCUT2D eigenvalue weighted by atomic mass is 10.2. The van der Waals surface area contributed by atoms with Gasteiger partial charge in [0.25, 0.3) is 5.91 Å². The maximum atomic E-state index is 12.8. The van der Waals surface area contributed by atoms with E-state index in [0.717, 1.165) is 36.5 Å². The van der Waals surface area contributed by atoms with Crippen LogP contribution in [0.1, 0.15) is 22.3 Å². The maximum Gasteiger partial charge on any atom is 0.262 e. The number of benzene rings is 2. The molecule has 0 aliphatic carbocycles. The molecule has 3 N–H and O–H groups in total. The molecule has 2 heterocycles. The van der Waals surface area contributed by atoms with Crippen LogP contribution in [0.3, 0.4) is 0 Å². The van der Waals surface area contributed by atoms with E-state index in [1.54, 1.807) is 18.2 Å². The number of carbonyl (C=O) groups is 1. The number of methoxy groups -OCH3 is 1. The first-order valence-electron chi connectivity index (χ1n) is 10.4. The van der Waals surface area contributed by atoms with Crippen molar-refractivity contribution in [3.63, 3.8) is 0 Å². The molecule has 1 saturated heterocycles. The number of hydrogen-bond donors (Lipinski definition) is 3. The fourth-order valence-electron chi connectivity index (χ4n) is 3.43. The second kappa shape index (κ2) is 10.2. The Bertz CT molecular complexity index is 1150. The number of anilines is 3. The summed E-state index contributed by atoms with van der Waals surface area (Å²) < 4.78 is 11.4. The van der Waals surface area contributed by atoms with Crippen molar-refractivity contribution in [1.29, 1.82) is 0 Å². The van der Waals surface area contributed by atoms with E-state index in [9.17, 15) is 4.79 Å². The van der Waals surface area contributed by atoms with Crippen LogP contribution in [0.2, 0.25) is 10.0 Å². The van der Waals surface area contributed by atoms with Crippen LogP contribution in [0.15, 0.2) is 42.6 Å². The first kappa shape index (κ1) is 23.1. The standard InChI is InChI=1S/C23H23Cl2N5O3/c1-13-10-14(6-7-19(13)33-15-8-9-26-11-15)28-23-27-12-16(22(30-23)32-2)21(31)29-20-17(24)4-3-5-18(20)25/h3-7,10,12,15,26H,8-9,11H2,1-2H3,(H,29,31)(H,27,28,30)/t15-/m0/s1. The van der Waals surface area contributed by atoms with Crippen molar-refractivity contribution in [2.75, 3.05) is 30.8 Å². The van der Waals surface area contributed by atoms with Gasteiger partial charge in [0.15, 0.2) is 0 Å². The van der Waals surface area contributed by atoms with Gasteiger partial charge >= 0.3 is 0 Å². The third kappa shape index (κ3) is 5.47. The second-order valence-corrected chi connectivity index (χ2v) is 8.32. The average molecular weight is 488 g/mol. The minimum atomic E-state index is -0.493. The minimum Gasteiger partial charge on any atom is -0.489 e. The molecular formula is C23H23Cl2N5O3. The highest BCUT2D eigenvalue weighted by molar-refractivity contribution is 6.40. The van der Waals surface area contributed by atoms with Gasteiger partial charge in [-0.25, -0.2) is 4.98 Å². The van der Waals surface area contributed by atoms with Crippen molar-refractivity contribution < 1.29 is 14.3 Å². The number of aryl methyl sites for hydroxylation is 1. The van der Waals surface area contributed by atoms with Gasteiger partial charge in [0, 0.05) is 18.4 Å². The van der Waals surface area contributed by atoms with Gasteiger partial charge in [0.05, 0.1) is 22.8 Å². The summed E-state index contributed by atoms with van der Waals surface area (Å²) in [5.74, 6) is 0.746. The Kier molecular flexibility index (Phi) is 7.17. The molecule has 2 aromatic carbocycles. The van der Waals surface area contributed by atoms with Crippen molar-refractivity contribution in [2.45, 2.75) is 19.4 Å². The van der Waals surface area contributed by atoms with E-state index in [-0.39, 0.29) is 23.5 Å². The summed E-state index contributed by atoms with van der Waals surface area (Å²) in [7, 11) is 1.43. The molecule has 0 radical (unpaired) electrons. The summed E-state index contributed by atoms with van der Waals surface area (Å²) in [6, 6.07) is 10.7. The van der Waals surface area contributed by atoms with E-state index in [1.165, 1.54) is 13.3 Å². The number of hydrogen-bond acceptors (Lipinski definition) is 7. The average Bonchev–Trinajstić information content (AvgIpc) is 3.31. The van der Waals surface area contributed by atoms with Gasteiger partial charge in [0.1, 0.15) is 17.4 Å². The molecule has 1 fully saturated rings. The highest BCUT2D eigenvalue weighted by atomic mass is 35.5. The zero-order valence-electron chi connectivity index (χ0n) is 18.1. The second-order valence-electron chi connectivity index (χ2n) is 7.51. The SMILES string of the molecule is COc1nc(Nc2ccc(O[C@H]3CCNC3)c(C)c2)ncc1C(=O)Nc1c(Cl)cccc1Cl. The number of para-hydroxylation sites is 1. The van der Waals surface area contributed by atoms with Gasteiger partial charge in [0.2, 0.25) is 11.8 Å².